The second kappa shape index (κ2) is 8.73. The molecule has 32 heavy (non-hydrogen) atoms. The van der Waals surface area contributed by atoms with Crippen molar-refractivity contribution in [2.24, 2.45) is 0 Å². The molecule has 0 amide bonds. The zero-order chi connectivity index (χ0) is 22.1. The van der Waals surface area contributed by atoms with Crippen LogP contribution >= 0.6 is 11.6 Å². The number of H-pyrrole nitrogens is 1. The Balaban J connectivity index is 1.32. The Morgan fingerprint density at radius 3 is 2.59 bits per heavy atom. The zero-order valence-corrected chi connectivity index (χ0v) is 18.1. The molecule has 5 rings (SSSR count). The van der Waals surface area contributed by atoms with Gasteiger partial charge in [0.15, 0.2) is 0 Å². The minimum absolute atomic E-state index is 0.0913. The lowest BCUT2D eigenvalue weighted by molar-refractivity contribution is 0.236. The van der Waals surface area contributed by atoms with Gasteiger partial charge in [0.1, 0.15) is 11.6 Å². The van der Waals surface area contributed by atoms with Crippen LogP contribution in [0.3, 0.4) is 0 Å². The summed E-state index contributed by atoms with van der Waals surface area (Å²) >= 11 is 5.97. The Hall–Kier alpha value is -3.22. The Kier molecular flexibility index (Phi) is 5.64. The highest BCUT2D eigenvalue weighted by molar-refractivity contribution is 6.30. The minimum Gasteiger partial charge on any atom is -0.346 e. The average molecular weight is 449 g/mol. The number of fused-ring (bicyclic) bond motifs is 1. The van der Waals surface area contributed by atoms with Gasteiger partial charge in [0.25, 0.3) is 5.56 Å². The van der Waals surface area contributed by atoms with Gasteiger partial charge < -0.3 is 9.55 Å². The topological polar surface area (TPSA) is 53.9 Å². The first-order valence-electron chi connectivity index (χ1n) is 10.5. The summed E-state index contributed by atoms with van der Waals surface area (Å²) in [6, 6.07) is 18.0. The summed E-state index contributed by atoms with van der Waals surface area (Å²) in [7, 11) is 0. The lowest BCUT2D eigenvalue weighted by atomic mass is 10.1. The number of hydrogen-bond donors (Lipinski definition) is 1. The van der Waals surface area contributed by atoms with E-state index in [1.54, 1.807) is 24.3 Å². The number of aromatic nitrogens is 3. The first-order chi connectivity index (χ1) is 15.5. The molecule has 1 aliphatic heterocycles. The van der Waals surface area contributed by atoms with Gasteiger partial charge in [0.2, 0.25) is 0 Å². The molecular formula is C25H22ClFN4O. The van der Waals surface area contributed by atoms with E-state index in [0.717, 1.165) is 47.6 Å². The highest BCUT2D eigenvalue weighted by Gasteiger charge is 2.22. The number of benzene rings is 2. The molecule has 0 aliphatic carbocycles. The van der Waals surface area contributed by atoms with Crippen LogP contribution in [0.1, 0.15) is 22.5 Å². The first kappa shape index (κ1) is 20.7. The summed E-state index contributed by atoms with van der Waals surface area (Å²) in [6.07, 6.45) is 2.75. The fourth-order valence-electron chi connectivity index (χ4n) is 4.12. The smallest absolute Gasteiger partial charge is 0.255 e. The predicted octanol–water partition coefficient (Wildman–Crippen LogP) is 4.64. The standard InChI is InChI=1S/C25H22ClFN4O/c26-19-7-5-18(6-8-19)24-28-23-11-13-30(16-22(23)25(32)29-24)15-21-2-1-12-31(21)14-17-3-9-20(27)10-4-17/h1-10,12H,11,13-16H2,(H,28,29,32). The molecule has 3 heterocycles. The van der Waals surface area contributed by atoms with Crippen LogP contribution in [-0.2, 0) is 26.1 Å². The molecule has 4 aromatic rings. The highest BCUT2D eigenvalue weighted by Crippen LogP contribution is 2.22. The number of rotatable bonds is 5. The van der Waals surface area contributed by atoms with Crippen LogP contribution in [0.4, 0.5) is 4.39 Å². The van der Waals surface area contributed by atoms with Crippen molar-refractivity contribution < 1.29 is 4.39 Å². The summed E-state index contributed by atoms with van der Waals surface area (Å²) in [5.41, 5.74) is 4.53. The Morgan fingerprint density at radius 1 is 1.03 bits per heavy atom. The van der Waals surface area contributed by atoms with E-state index in [9.17, 15) is 9.18 Å². The summed E-state index contributed by atoms with van der Waals surface area (Å²) < 4.78 is 15.4. The summed E-state index contributed by atoms with van der Waals surface area (Å²) in [6.45, 7) is 2.79. The molecule has 0 fully saturated rings. The minimum atomic E-state index is -0.230. The molecule has 0 saturated heterocycles. The van der Waals surface area contributed by atoms with Gasteiger partial charge in [0, 0.05) is 55.1 Å². The average Bonchev–Trinajstić information content (AvgIpc) is 3.22. The van der Waals surface area contributed by atoms with Crippen LogP contribution in [0, 0.1) is 5.82 Å². The fourth-order valence-corrected chi connectivity index (χ4v) is 4.25. The van der Waals surface area contributed by atoms with Gasteiger partial charge in [-0.1, -0.05) is 23.7 Å². The molecule has 0 radical (unpaired) electrons. The normalized spacial score (nSPS) is 13.8. The van der Waals surface area contributed by atoms with Crippen molar-refractivity contribution in [3.8, 4) is 11.4 Å². The van der Waals surface area contributed by atoms with Crippen LogP contribution < -0.4 is 5.56 Å². The van der Waals surface area contributed by atoms with Gasteiger partial charge >= 0.3 is 0 Å². The number of halogens is 2. The van der Waals surface area contributed by atoms with Gasteiger partial charge in [-0.25, -0.2) is 9.37 Å². The maximum Gasteiger partial charge on any atom is 0.255 e. The lowest BCUT2D eigenvalue weighted by Crippen LogP contribution is -2.35. The molecule has 2 aromatic heterocycles. The van der Waals surface area contributed by atoms with Crippen LogP contribution in [0.15, 0.2) is 71.7 Å². The van der Waals surface area contributed by atoms with Crippen molar-refractivity contribution >= 4 is 11.6 Å². The van der Waals surface area contributed by atoms with Gasteiger partial charge in [-0.15, -0.1) is 0 Å². The third-order valence-corrected chi connectivity index (χ3v) is 6.09. The molecule has 1 N–H and O–H groups in total. The fraction of sp³-hybridized carbons (Fsp3) is 0.200. The van der Waals surface area contributed by atoms with Crippen molar-refractivity contribution in [2.75, 3.05) is 6.54 Å². The van der Waals surface area contributed by atoms with Crippen molar-refractivity contribution in [3.63, 3.8) is 0 Å². The molecule has 0 atom stereocenters. The molecule has 0 saturated carbocycles. The van der Waals surface area contributed by atoms with Crippen LogP contribution in [0.5, 0.6) is 0 Å². The maximum atomic E-state index is 13.2. The summed E-state index contributed by atoms with van der Waals surface area (Å²) in [5, 5.41) is 0.647. The number of nitrogens with one attached hydrogen (secondary N) is 1. The van der Waals surface area contributed by atoms with E-state index in [-0.39, 0.29) is 11.4 Å². The van der Waals surface area contributed by atoms with E-state index in [1.165, 1.54) is 12.1 Å². The third kappa shape index (κ3) is 4.38. The Morgan fingerprint density at radius 2 is 1.81 bits per heavy atom. The molecule has 7 heteroatoms. The van der Waals surface area contributed by atoms with E-state index < -0.39 is 0 Å². The zero-order valence-electron chi connectivity index (χ0n) is 17.4. The second-order valence-electron chi connectivity index (χ2n) is 8.06. The summed E-state index contributed by atoms with van der Waals surface area (Å²) in [4.78, 5) is 22.7. The molecule has 0 spiro atoms. The van der Waals surface area contributed by atoms with Crippen molar-refractivity contribution in [1.82, 2.24) is 19.4 Å². The van der Waals surface area contributed by atoms with Crippen LogP contribution in [0.25, 0.3) is 11.4 Å². The van der Waals surface area contributed by atoms with Gasteiger partial charge in [-0.05, 0) is 54.1 Å². The van der Waals surface area contributed by atoms with Gasteiger partial charge in [0.05, 0.1) is 11.3 Å². The maximum absolute atomic E-state index is 13.2. The largest absolute Gasteiger partial charge is 0.346 e. The SMILES string of the molecule is O=c1[nH]c(-c2ccc(Cl)cc2)nc2c1CN(Cc1cccn1Cc1ccc(F)cc1)CC2. The number of aromatic amines is 1. The van der Waals surface area contributed by atoms with Crippen molar-refractivity contribution in [2.45, 2.75) is 26.1 Å². The second-order valence-corrected chi connectivity index (χ2v) is 8.50. The lowest BCUT2D eigenvalue weighted by Gasteiger charge is -2.28. The van der Waals surface area contributed by atoms with Crippen LogP contribution in [0.2, 0.25) is 5.02 Å². The molecule has 162 valence electrons. The predicted molar refractivity (Wildman–Crippen MR) is 123 cm³/mol. The number of nitrogens with zero attached hydrogens (tertiary/aromatic N) is 3. The van der Waals surface area contributed by atoms with E-state index in [4.69, 9.17) is 16.6 Å². The van der Waals surface area contributed by atoms with E-state index in [0.29, 0.717) is 23.9 Å². The highest BCUT2D eigenvalue weighted by atomic mass is 35.5. The Labute approximate surface area is 190 Å². The van der Waals surface area contributed by atoms with E-state index >= 15 is 0 Å². The summed E-state index contributed by atoms with van der Waals surface area (Å²) in [5.74, 6) is 0.346. The van der Waals surface area contributed by atoms with Crippen molar-refractivity contribution in [1.29, 1.82) is 0 Å². The molecule has 2 aromatic carbocycles. The van der Waals surface area contributed by atoms with E-state index in [2.05, 4.69) is 20.5 Å². The number of hydrogen-bond acceptors (Lipinski definition) is 3. The van der Waals surface area contributed by atoms with E-state index in [1.807, 2.05) is 24.4 Å². The quantitative estimate of drug-likeness (QED) is 0.484. The molecular weight excluding hydrogens is 427 g/mol. The first-order valence-corrected chi connectivity index (χ1v) is 10.9. The molecule has 5 nitrogen and oxygen atoms in total. The monoisotopic (exact) mass is 448 g/mol. The third-order valence-electron chi connectivity index (χ3n) is 5.84. The van der Waals surface area contributed by atoms with Gasteiger partial charge in [-0.3, -0.25) is 9.69 Å². The molecule has 0 bridgehead atoms. The molecule has 1 aliphatic rings. The Bertz CT molecular complexity index is 1300. The molecule has 0 unspecified atom stereocenters. The van der Waals surface area contributed by atoms with Crippen LogP contribution in [-0.4, -0.2) is 26.0 Å². The van der Waals surface area contributed by atoms with Crippen molar-refractivity contribution in [3.05, 3.63) is 111 Å². The van der Waals surface area contributed by atoms with Gasteiger partial charge in [-0.2, -0.15) is 0 Å².